The van der Waals surface area contributed by atoms with Crippen LogP contribution in [0.5, 0.6) is 23.0 Å². The fourth-order valence-electron chi connectivity index (χ4n) is 3.38. The van der Waals surface area contributed by atoms with E-state index in [0.717, 1.165) is 0 Å². The largest absolute Gasteiger partial charge is 0.507 e. The number of phenols is 4. The van der Waals surface area contributed by atoms with Crippen LogP contribution in [0, 0.1) is 6.92 Å². The van der Waals surface area contributed by atoms with Crippen molar-refractivity contribution in [2.45, 2.75) is 6.92 Å². The summed E-state index contributed by atoms with van der Waals surface area (Å²) in [6.45, 7) is 1.68. The summed E-state index contributed by atoms with van der Waals surface area (Å²) in [5.74, 6) is -3.45. The van der Waals surface area contributed by atoms with E-state index in [-0.39, 0.29) is 33.2 Å². The molecule has 6 nitrogen and oxygen atoms in total. The van der Waals surface area contributed by atoms with Crippen LogP contribution in [0.1, 0.15) is 37.4 Å². The number of rotatable bonds is 0. The molecule has 0 unspecified atom stereocenters. The molecule has 0 fully saturated rings. The lowest BCUT2D eigenvalue weighted by Gasteiger charge is -2.22. The van der Waals surface area contributed by atoms with E-state index in [1.807, 2.05) is 0 Å². The van der Waals surface area contributed by atoms with Gasteiger partial charge in [0.25, 0.3) is 0 Å². The molecule has 124 valence electrons. The van der Waals surface area contributed by atoms with Crippen molar-refractivity contribution in [2.24, 2.45) is 0 Å². The molecule has 0 atom stereocenters. The minimum atomic E-state index is -0.794. The van der Waals surface area contributed by atoms with Gasteiger partial charge < -0.3 is 20.4 Å². The molecule has 6 heteroatoms. The van der Waals surface area contributed by atoms with Crippen LogP contribution in [0.3, 0.4) is 0 Å². The van der Waals surface area contributed by atoms with Gasteiger partial charge in [0.05, 0.1) is 11.1 Å². The molecule has 0 heterocycles. The maximum absolute atomic E-state index is 13.0. The van der Waals surface area contributed by atoms with Crippen molar-refractivity contribution in [3.63, 3.8) is 0 Å². The Kier molecular flexibility index (Phi) is 2.84. The zero-order chi connectivity index (χ0) is 18.0. The maximum atomic E-state index is 13.0. The third-order valence-corrected chi connectivity index (χ3v) is 4.45. The summed E-state index contributed by atoms with van der Waals surface area (Å²) < 4.78 is 0. The van der Waals surface area contributed by atoms with E-state index in [2.05, 4.69) is 0 Å². The standard InChI is InChI=1S/C19H12O6/c1-7-5-9-12(11(21)6-7)14-15(19(25)17(9)23)18(24)13-8(16(14)22)3-2-4-10(13)20/h2-6,20-21,23,25H,1H3. The van der Waals surface area contributed by atoms with E-state index in [1.54, 1.807) is 6.92 Å². The molecule has 4 N–H and O–H groups in total. The summed E-state index contributed by atoms with van der Waals surface area (Å²) in [5, 5.41) is 41.0. The number of hydrogen-bond donors (Lipinski definition) is 4. The number of benzene rings is 3. The normalized spacial score (nSPS) is 13.0. The second-order valence-electron chi connectivity index (χ2n) is 6.01. The zero-order valence-electron chi connectivity index (χ0n) is 13.0. The van der Waals surface area contributed by atoms with Crippen molar-refractivity contribution in [3.8, 4) is 23.0 Å². The second kappa shape index (κ2) is 4.73. The van der Waals surface area contributed by atoms with Crippen molar-refractivity contribution in [1.82, 2.24) is 0 Å². The van der Waals surface area contributed by atoms with Crippen LogP contribution in [-0.2, 0) is 0 Å². The summed E-state index contributed by atoms with van der Waals surface area (Å²) >= 11 is 0. The average Bonchev–Trinajstić information content (AvgIpc) is 2.55. The molecule has 1 aliphatic rings. The van der Waals surface area contributed by atoms with Crippen molar-refractivity contribution in [3.05, 3.63) is 58.1 Å². The van der Waals surface area contributed by atoms with Gasteiger partial charge in [0, 0.05) is 21.9 Å². The van der Waals surface area contributed by atoms with E-state index in [4.69, 9.17) is 0 Å². The first-order chi connectivity index (χ1) is 11.8. The predicted molar refractivity (Wildman–Crippen MR) is 88.7 cm³/mol. The number of carbonyl (C=O) groups is 2. The Balaban J connectivity index is 2.24. The lowest BCUT2D eigenvalue weighted by Crippen LogP contribution is -2.21. The van der Waals surface area contributed by atoms with Gasteiger partial charge in [0.15, 0.2) is 17.3 Å². The van der Waals surface area contributed by atoms with Gasteiger partial charge >= 0.3 is 0 Å². The summed E-state index contributed by atoms with van der Waals surface area (Å²) in [5.41, 5.74) is -0.272. The Bertz CT molecular complexity index is 1130. The SMILES string of the molecule is Cc1cc(O)c2c3c(c(O)c(O)c2c1)C(=O)c1c(O)cccc1C3=O. The Hall–Kier alpha value is -3.54. The first-order valence-electron chi connectivity index (χ1n) is 7.45. The Labute approximate surface area is 141 Å². The molecule has 0 aromatic heterocycles. The van der Waals surface area contributed by atoms with Crippen LogP contribution >= 0.6 is 0 Å². The third-order valence-electron chi connectivity index (χ3n) is 4.45. The molecule has 0 saturated carbocycles. The van der Waals surface area contributed by atoms with Crippen molar-refractivity contribution in [2.75, 3.05) is 0 Å². The predicted octanol–water partition coefficient (Wildman–Crippen LogP) is 2.75. The monoisotopic (exact) mass is 336 g/mol. The fraction of sp³-hybridized carbons (Fsp3) is 0.0526. The summed E-state index contributed by atoms with van der Waals surface area (Å²) in [6, 6.07) is 6.97. The van der Waals surface area contributed by atoms with Crippen LogP contribution in [0.2, 0.25) is 0 Å². The Morgan fingerprint density at radius 1 is 0.760 bits per heavy atom. The van der Waals surface area contributed by atoms with Gasteiger partial charge in [-0.2, -0.15) is 0 Å². The Morgan fingerprint density at radius 3 is 2.20 bits per heavy atom. The molecule has 0 saturated heterocycles. The second-order valence-corrected chi connectivity index (χ2v) is 6.01. The van der Waals surface area contributed by atoms with Gasteiger partial charge in [-0.05, 0) is 30.7 Å². The number of fused-ring (bicyclic) bond motifs is 4. The van der Waals surface area contributed by atoms with Gasteiger partial charge in [0.1, 0.15) is 11.5 Å². The van der Waals surface area contributed by atoms with Gasteiger partial charge in [0.2, 0.25) is 5.78 Å². The van der Waals surface area contributed by atoms with E-state index >= 15 is 0 Å². The van der Waals surface area contributed by atoms with Crippen LogP contribution in [0.15, 0.2) is 30.3 Å². The van der Waals surface area contributed by atoms with Gasteiger partial charge in [-0.3, -0.25) is 9.59 Å². The molecule has 25 heavy (non-hydrogen) atoms. The van der Waals surface area contributed by atoms with Crippen LogP contribution in [0.4, 0.5) is 0 Å². The third kappa shape index (κ3) is 1.79. The first kappa shape index (κ1) is 15.0. The maximum Gasteiger partial charge on any atom is 0.202 e. The number of carbonyl (C=O) groups excluding carboxylic acids is 2. The molecular weight excluding hydrogens is 324 g/mol. The molecule has 0 aliphatic heterocycles. The lowest BCUT2D eigenvalue weighted by atomic mass is 9.80. The topological polar surface area (TPSA) is 115 Å². The number of aromatic hydroxyl groups is 4. The number of aryl methyl sites for hydroxylation is 1. The zero-order valence-corrected chi connectivity index (χ0v) is 13.0. The van der Waals surface area contributed by atoms with E-state index in [1.165, 1.54) is 30.3 Å². The van der Waals surface area contributed by atoms with Crippen molar-refractivity contribution >= 4 is 22.3 Å². The van der Waals surface area contributed by atoms with Crippen LogP contribution in [0.25, 0.3) is 10.8 Å². The lowest BCUT2D eigenvalue weighted by molar-refractivity contribution is 0.0975. The number of phenolic OH excluding ortho intramolecular Hbond substituents is 4. The van der Waals surface area contributed by atoms with E-state index in [0.29, 0.717) is 5.56 Å². The molecule has 0 bridgehead atoms. The van der Waals surface area contributed by atoms with Gasteiger partial charge in [-0.1, -0.05) is 12.1 Å². The van der Waals surface area contributed by atoms with Crippen molar-refractivity contribution < 1.29 is 30.0 Å². The molecule has 0 spiro atoms. The van der Waals surface area contributed by atoms with Gasteiger partial charge in [-0.15, -0.1) is 0 Å². The molecule has 0 radical (unpaired) electrons. The number of ketones is 2. The molecular formula is C19H12O6. The highest BCUT2D eigenvalue weighted by Gasteiger charge is 2.38. The molecule has 0 amide bonds. The van der Waals surface area contributed by atoms with E-state index in [9.17, 15) is 30.0 Å². The minimum Gasteiger partial charge on any atom is -0.507 e. The average molecular weight is 336 g/mol. The highest BCUT2D eigenvalue weighted by Crippen LogP contribution is 2.48. The molecule has 3 aromatic carbocycles. The molecule has 3 aromatic rings. The highest BCUT2D eigenvalue weighted by atomic mass is 16.3. The number of hydrogen-bond acceptors (Lipinski definition) is 6. The minimum absolute atomic E-state index is 0.0109. The van der Waals surface area contributed by atoms with Crippen molar-refractivity contribution in [1.29, 1.82) is 0 Å². The molecule has 4 rings (SSSR count). The quantitative estimate of drug-likeness (QED) is 0.367. The first-order valence-corrected chi connectivity index (χ1v) is 7.45. The summed E-state index contributed by atoms with van der Waals surface area (Å²) in [7, 11) is 0. The van der Waals surface area contributed by atoms with E-state index < -0.39 is 34.4 Å². The summed E-state index contributed by atoms with van der Waals surface area (Å²) in [6.07, 6.45) is 0. The molecule has 1 aliphatic carbocycles. The smallest absolute Gasteiger partial charge is 0.202 e. The van der Waals surface area contributed by atoms with Gasteiger partial charge in [-0.25, -0.2) is 0 Å². The Morgan fingerprint density at radius 2 is 1.48 bits per heavy atom. The van der Waals surface area contributed by atoms with Crippen LogP contribution < -0.4 is 0 Å². The fourth-order valence-corrected chi connectivity index (χ4v) is 3.38. The summed E-state index contributed by atoms with van der Waals surface area (Å²) in [4.78, 5) is 25.8. The highest BCUT2D eigenvalue weighted by molar-refractivity contribution is 6.35. The van der Waals surface area contributed by atoms with Crippen LogP contribution in [-0.4, -0.2) is 32.0 Å².